The van der Waals surface area contributed by atoms with E-state index in [1.54, 1.807) is 38.5 Å². The SMILES string of the molecule is CC.COc1cc(OC)cc(-c2cc(/C=C/C(=O)c3ccc(F)c(F)c3)[nH]n2)c1. The van der Waals surface area contributed by atoms with Crippen molar-refractivity contribution in [2.24, 2.45) is 0 Å². The van der Waals surface area contributed by atoms with Crippen molar-refractivity contribution in [1.82, 2.24) is 10.2 Å². The topological polar surface area (TPSA) is 64.2 Å². The van der Waals surface area contributed by atoms with Crippen LogP contribution in [0.2, 0.25) is 0 Å². The minimum Gasteiger partial charge on any atom is -0.497 e. The van der Waals surface area contributed by atoms with Crippen LogP contribution in [0, 0.1) is 11.6 Å². The highest BCUT2D eigenvalue weighted by atomic mass is 19.2. The fourth-order valence-corrected chi connectivity index (χ4v) is 2.44. The molecule has 1 N–H and O–H groups in total. The van der Waals surface area contributed by atoms with Gasteiger partial charge in [0.05, 0.1) is 25.6 Å². The van der Waals surface area contributed by atoms with Gasteiger partial charge in [-0.25, -0.2) is 8.78 Å². The molecular weight excluding hydrogens is 378 g/mol. The molecule has 0 amide bonds. The number of ketones is 1. The van der Waals surface area contributed by atoms with E-state index in [1.165, 1.54) is 18.2 Å². The Bertz CT molecular complexity index is 991. The number of allylic oxidation sites excluding steroid dienone is 1. The van der Waals surface area contributed by atoms with Crippen LogP contribution in [-0.2, 0) is 0 Å². The van der Waals surface area contributed by atoms with E-state index in [1.807, 2.05) is 13.8 Å². The van der Waals surface area contributed by atoms with Gasteiger partial charge in [0, 0.05) is 17.2 Å². The molecule has 0 aliphatic rings. The number of methoxy groups -OCH3 is 2. The maximum absolute atomic E-state index is 13.2. The number of aromatic amines is 1. The summed E-state index contributed by atoms with van der Waals surface area (Å²) in [4.78, 5) is 12.1. The lowest BCUT2D eigenvalue weighted by molar-refractivity contribution is 0.104. The maximum Gasteiger partial charge on any atom is 0.186 e. The highest BCUT2D eigenvalue weighted by molar-refractivity contribution is 6.06. The van der Waals surface area contributed by atoms with Gasteiger partial charge < -0.3 is 9.47 Å². The Hall–Kier alpha value is -3.48. The van der Waals surface area contributed by atoms with Crippen LogP contribution in [0.25, 0.3) is 17.3 Å². The summed E-state index contributed by atoms with van der Waals surface area (Å²) in [7, 11) is 3.11. The van der Waals surface area contributed by atoms with Gasteiger partial charge >= 0.3 is 0 Å². The lowest BCUT2D eigenvalue weighted by atomic mass is 10.1. The largest absolute Gasteiger partial charge is 0.497 e. The smallest absolute Gasteiger partial charge is 0.186 e. The molecule has 0 saturated carbocycles. The number of hydrogen-bond acceptors (Lipinski definition) is 4. The zero-order valence-corrected chi connectivity index (χ0v) is 16.6. The standard InChI is InChI=1S/C20H16F2N2O3.C2H6/c1-26-15-7-13(8-16(11-15)27-2)19-10-14(23-24-19)4-6-20(25)12-3-5-17(21)18(22)9-12;1-2/h3-11H,1-2H3,(H,23,24);1-2H3/b6-4+;. The third-order valence-electron chi connectivity index (χ3n) is 3.86. The van der Waals surface area contributed by atoms with E-state index in [9.17, 15) is 13.6 Å². The molecule has 5 nitrogen and oxygen atoms in total. The first kappa shape index (κ1) is 21.8. The van der Waals surface area contributed by atoms with Crippen molar-refractivity contribution in [3.63, 3.8) is 0 Å². The zero-order chi connectivity index (χ0) is 21.4. The molecule has 0 unspecified atom stereocenters. The number of carbonyl (C=O) groups excluding carboxylic acids is 1. The van der Waals surface area contributed by atoms with E-state index in [4.69, 9.17) is 9.47 Å². The Kier molecular flexibility index (Phi) is 7.65. The van der Waals surface area contributed by atoms with Crippen LogP contribution >= 0.6 is 0 Å². The number of hydrogen-bond donors (Lipinski definition) is 1. The van der Waals surface area contributed by atoms with Crippen LogP contribution < -0.4 is 9.47 Å². The second kappa shape index (κ2) is 10.2. The number of benzene rings is 2. The molecule has 1 aromatic heterocycles. The van der Waals surface area contributed by atoms with Crippen molar-refractivity contribution >= 4 is 11.9 Å². The quantitative estimate of drug-likeness (QED) is 0.451. The van der Waals surface area contributed by atoms with Crippen LogP contribution in [0.4, 0.5) is 8.78 Å². The Morgan fingerprint density at radius 1 is 0.966 bits per heavy atom. The van der Waals surface area contributed by atoms with Crippen molar-refractivity contribution in [2.75, 3.05) is 14.2 Å². The highest BCUT2D eigenvalue weighted by Gasteiger charge is 2.09. The number of H-pyrrole nitrogens is 1. The van der Waals surface area contributed by atoms with Crippen molar-refractivity contribution < 1.29 is 23.0 Å². The number of ether oxygens (including phenoxy) is 2. The van der Waals surface area contributed by atoms with Crippen molar-refractivity contribution in [2.45, 2.75) is 13.8 Å². The maximum atomic E-state index is 13.2. The van der Waals surface area contributed by atoms with Gasteiger partial charge in [0.1, 0.15) is 11.5 Å². The number of nitrogens with one attached hydrogen (secondary N) is 1. The van der Waals surface area contributed by atoms with Crippen molar-refractivity contribution in [1.29, 1.82) is 0 Å². The molecule has 0 saturated heterocycles. The van der Waals surface area contributed by atoms with Gasteiger partial charge in [0.25, 0.3) is 0 Å². The third-order valence-corrected chi connectivity index (χ3v) is 3.86. The molecule has 0 fully saturated rings. The van der Waals surface area contributed by atoms with Crippen LogP contribution in [0.5, 0.6) is 11.5 Å². The number of halogens is 2. The first-order valence-corrected chi connectivity index (χ1v) is 8.96. The van der Waals surface area contributed by atoms with Crippen LogP contribution in [0.3, 0.4) is 0 Å². The number of rotatable bonds is 6. The number of nitrogens with zero attached hydrogens (tertiary/aromatic N) is 1. The summed E-state index contributed by atoms with van der Waals surface area (Å²) < 4.78 is 36.7. The first-order chi connectivity index (χ1) is 14.0. The van der Waals surface area contributed by atoms with Gasteiger partial charge in [0.15, 0.2) is 17.4 Å². The summed E-state index contributed by atoms with van der Waals surface area (Å²) >= 11 is 0. The van der Waals surface area contributed by atoms with Gasteiger partial charge in [0.2, 0.25) is 0 Å². The lowest BCUT2D eigenvalue weighted by Gasteiger charge is -2.06. The fraction of sp³-hybridized carbons (Fsp3) is 0.182. The van der Waals surface area contributed by atoms with E-state index in [-0.39, 0.29) is 5.56 Å². The molecule has 0 aliphatic heterocycles. The summed E-state index contributed by atoms with van der Waals surface area (Å²) in [6.45, 7) is 4.00. The zero-order valence-electron chi connectivity index (χ0n) is 16.6. The Balaban J connectivity index is 0.00000145. The van der Waals surface area contributed by atoms with E-state index in [0.717, 1.165) is 17.7 Å². The van der Waals surface area contributed by atoms with Crippen molar-refractivity contribution in [3.05, 3.63) is 71.4 Å². The lowest BCUT2D eigenvalue weighted by Crippen LogP contribution is -1.96. The Labute approximate surface area is 168 Å². The molecular formula is C22H22F2N2O3. The average molecular weight is 400 g/mol. The predicted octanol–water partition coefficient (Wildman–Crippen LogP) is 5.29. The monoisotopic (exact) mass is 400 g/mol. The minimum absolute atomic E-state index is 0.0578. The van der Waals surface area contributed by atoms with E-state index in [2.05, 4.69) is 10.2 Å². The molecule has 0 aliphatic carbocycles. The van der Waals surface area contributed by atoms with E-state index < -0.39 is 17.4 Å². The molecule has 2 aromatic carbocycles. The molecule has 0 atom stereocenters. The average Bonchev–Trinajstić information content (AvgIpc) is 3.24. The van der Waals surface area contributed by atoms with Crippen molar-refractivity contribution in [3.8, 4) is 22.8 Å². The molecule has 0 spiro atoms. The summed E-state index contributed by atoms with van der Waals surface area (Å²) in [5.74, 6) is -1.27. The Morgan fingerprint density at radius 3 is 2.21 bits per heavy atom. The minimum atomic E-state index is -1.06. The summed E-state index contributed by atoms with van der Waals surface area (Å²) in [6.07, 6.45) is 2.77. The molecule has 1 heterocycles. The van der Waals surface area contributed by atoms with Gasteiger partial charge in [-0.05, 0) is 48.6 Å². The molecule has 3 aromatic rings. The predicted molar refractivity (Wildman–Crippen MR) is 108 cm³/mol. The first-order valence-electron chi connectivity index (χ1n) is 8.96. The molecule has 0 bridgehead atoms. The van der Waals surface area contributed by atoms with Gasteiger partial charge in [-0.2, -0.15) is 5.10 Å². The summed E-state index contributed by atoms with van der Waals surface area (Å²) in [6, 6.07) is 10.1. The molecule has 3 rings (SSSR count). The van der Waals surface area contributed by atoms with Crippen LogP contribution in [-0.4, -0.2) is 30.2 Å². The van der Waals surface area contributed by atoms with Gasteiger partial charge in [-0.3, -0.25) is 9.89 Å². The summed E-state index contributed by atoms with van der Waals surface area (Å²) in [5, 5.41) is 7.01. The van der Waals surface area contributed by atoms with Gasteiger partial charge in [-0.1, -0.05) is 13.8 Å². The van der Waals surface area contributed by atoms with E-state index >= 15 is 0 Å². The molecule has 0 radical (unpaired) electrons. The number of aromatic nitrogens is 2. The molecule has 7 heteroatoms. The Morgan fingerprint density at radius 2 is 1.62 bits per heavy atom. The second-order valence-electron chi connectivity index (χ2n) is 5.64. The summed E-state index contributed by atoms with van der Waals surface area (Å²) in [5.41, 5.74) is 2.03. The number of carbonyl (C=O) groups is 1. The molecule has 29 heavy (non-hydrogen) atoms. The van der Waals surface area contributed by atoms with Crippen LogP contribution in [0.1, 0.15) is 29.9 Å². The molecule has 152 valence electrons. The van der Waals surface area contributed by atoms with Crippen LogP contribution in [0.15, 0.2) is 48.5 Å². The normalized spacial score (nSPS) is 10.4. The second-order valence-corrected chi connectivity index (χ2v) is 5.64. The highest BCUT2D eigenvalue weighted by Crippen LogP contribution is 2.29. The van der Waals surface area contributed by atoms with Gasteiger partial charge in [-0.15, -0.1) is 0 Å². The van der Waals surface area contributed by atoms with E-state index in [0.29, 0.717) is 22.9 Å². The fourth-order valence-electron chi connectivity index (χ4n) is 2.44. The third kappa shape index (κ3) is 5.51.